The largest absolute Gasteiger partial charge is 0.480 e. The molecule has 0 aliphatic carbocycles. The molecule has 14 heteroatoms. The summed E-state index contributed by atoms with van der Waals surface area (Å²) in [4.78, 5) is 54.3. The molecule has 37 heavy (non-hydrogen) atoms. The van der Waals surface area contributed by atoms with Crippen molar-refractivity contribution in [2.24, 2.45) is 33.8 Å². The predicted octanol–water partition coefficient (Wildman–Crippen LogP) is -1.17. The Bertz CT molecular complexity index is 749. The van der Waals surface area contributed by atoms with Crippen LogP contribution >= 0.6 is 11.8 Å². The molecule has 0 aromatic heterocycles. The van der Waals surface area contributed by atoms with Crippen molar-refractivity contribution in [3.63, 3.8) is 0 Å². The number of carboxylic acid groups (broad SMARTS) is 1. The van der Waals surface area contributed by atoms with Gasteiger partial charge in [0.15, 0.2) is 5.96 Å². The third kappa shape index (κ3) is 16.0. The van der Waals surface area contributed by atoms with Crippen LogP contribution < -0.4 is 38.9 Å². The molecule has 0 fully saturated rings. The highest BCUT2D eigenvalue weighted by molar-refractivity contribution is 7.98. The second kappa shape index (κ2) is 19.5. The summed E-state index contributed by atoms with van der Waals surface area (Å²) in [7, 11) is 0. The van der Waals surface area contributed by atoms with E-state index in [4.69, 9.17) is 22.9 Å². The molecule has 0 spiro atoms. The van der Waals surface area contributed by atoms with E-state index in [0.717, 1.165) is 0 Å². The van der Waals surface area contributed by atoms with E-state index in [0.29, 0.717) is 44.4 Å². The summed E-state index contributed by atoms with van der Waals surface area (Å²) in [6.07, 6.45) is 4.61. The molecule has 0 aliphatic rings. The molecular formula is C23H46N8O5S. The Morgan fingerprint density at radius 2 is 1.41 bits per heavy atom. The molecule has 0 aromatic rings. The Kier molecular flexibility index (Phi) is 18.2. The highest BCUT2D eigenvalue weighted by Crippen LogP contribution is 2.09. The summed E-state index contributed by atoms with van der Waals surface area (Å²) in [6, 6.07) is -3.88. The first-order chi connectivity index (χ1) is 17.4. The summed E-state index contributed by atoms with van der Waals surface area (Å²) < 4.78 is 0. The zero-order valence-electron chi connectivity index (χ0n) is 22.2. The number of hydrogen-bond acceptors (Lipinski definition) is 8. The molecule has 214 valence electrons. The van der Waals surface area contributed by atoms with Crippen LogP contribution in [0.5, 0.6) is 0 Å². The third-order valence-corrected chi connectivity index (χ3v) is 6.09. The van der Waals surface area contributed by atoms with Gasteiger partial charge in [0.25, 0.3) is 0 Å². The van der Waals surface area contributed by atoms with E-state index in [1.807, 2.05) is 20.1 Å². The molecule has 4 atom stereocenters. The second-order valence-electron chi connectivity index (χ2n) is 9.27. The van der Waals surface area contributed by atoms with Crippen molar-refractivity contribution in [1.29, 1.82) is 0 Å². The van der Waals surface area contributed by atoms with E-state index >= 15 is 0 Å². The minimum Gasteiger partial charge on any atom is -0.480 e. The highest BCUT2D eigenvalue weighted by Gasteiger charge is 2.30. The summed E-state index contributed by atoms with van der Waals surface area (Å²) in [5.74, 6) is -2.23. The lowest BCUT2D eigenvalue weighted by Crippen LogP contribution is -2.57. The monoisotopic (exact) mass is 546 g/mol. The van der Waals surface area contributed by atoms with Gasteiger partial charge in [0.2, 0.25) is 17.7 Å². The number of thioether (sulfide) groups is 1. The maximum atomic E-state index is 13.2. The summed E-state index contributed by atoms with van der Waals surface area (Å²) in [6.45, 7) is 4.33. The van der Waals surface area contributed by atoms with Gasteiger partial charge in [-0.1, -0.05) is 13.8 Å². The molecular weight excluding hydrogens is 500 g/mol. The zero-order valence-corrected chi connectivity index (χ0v) is 23.0. The van der Waals surface area contributed by atoms with Crippen molar-refractivity contribution in [3.05, 3.63) is 0 Å². The van der Waals surface area contributed by atoms with Gasteiger partial charge >= 0.3 is 5.97 Å². The number of amides is 3. The zero-order chi connectivity index (χ0) is 28.4. The number of carbonyl (C=O) groups is 4. The van der Waals surface area contributed by atoms with E-state index in [9.17, 15) is 24.3 Å². The lowest BCUT2D eigenvalue weighted by atomic mass is 10.0. The molecule has 0 aliphatic heterocycles. The van der Waals surface area contributed by atoms with E-state index < -0.39 is 47.9 Å². The topological polar surface area (TPSA) is 241 Å². The number of unbranched alkanes of at least 4 members (excludes halogenated alkanes) is 1. The lowest BCUT2D eigenvalue weighted by Gasteiger charge is -2.25. The number of hydrogen-bond donors (Lipinski definition) is 8. The van der Waals surface area contributed by atoms with Gasteiger partial charge in [-0.25, -0.2) is 4.79 Å². The van der Waals surface area contributed by atoms with Gasteiger partial charge in [-0.3, -0.25) is 19.4 Å². The minimum atomic E-state index is -1.17. The van der Waals surface area contributed by atoms with Gasteiger partial charge < -0.3 is 44.0 Å². The Morgan fingerprint density at radius 3 is 1.89 bits per heavy atom. The molecule has 0 aromatic carbocycles. The lowest BCUT2D eigenvalue weighted by molar-refractivity contribution is -0.142. The van der Waals surface area contributed by atoms with Gasteiger partial charge in [-0.15, -0.1) is 0 Å². The maximum absolute atomic E-state index is 13.2. The SMILES string of the molecule is CSCC[C@H](N)C(=O)N[C@@H](CCCCN)C(=O)N[C@@H](CCCN=C(N)N)C(=O)N[C@@H](CC(C)C)C(=O)O. The van der Waals surface area contributed by atoms with Crippen molar-refractivity contribution >= 4 is 41.4 Å². The number of guanidine groups is 1. The molecule has 0 saturated heterocycles. The van der Waals surface area contributed by atoms with Gasteiger partial charge in [-0.05, 0) is 69.4 Å². The number of nitrogens with two attached hydrogens (primary N) is 4. The Balaban J connectivity index is 5.61. The van der Waals surface area contributed by atoms with Crippen molar-refractivity contribution < 1.29 is 24.3 Å². The predicted molar refractivity (Wildman–Crippen MR) is 147 cm³/mol. The number of aliphatic carboxylic acids is 1. The Hall–Kier alpha value is -2.58. The maximum Gasteiger partial charge on any atom is 0.326 e. The number of carbonyl (C=O) groups excluding carboxylic acids is 3. The number of nitrogens with one attached hydrogen (secondary N) is 3. The van der Waals surface area contributed by atoms with Gasteiger partial charge in [0, 0.05) is 6.54 Å². The van der Waals surface area contributed by atoms with Crippen LogP contribution in [0.3, 0.4) is 0 Å². The third-order valence-electron chi connectivity index (χ3n) is 5.45. The molecule has 12 N–H and O–H groups in total. The fourth-order valence-corrected chi connectivity index (χ4v) is 3.92. The van der Waals surface area contributed by atoms with E-state index in [-0.39, 0.29) is 31.3 Å². The van der Waals surface area contributed by atoms with Crippen LogP contribution in [0.4, 0.5) is 0 Å². The van der Waals surface area contributed by atoms with E-state index in [1.165, 1.54) is 0 Å². The number of aliphatic imine (C=N–C) groups is 1. The first-order valence-corrected chi connectivity index (χ1v) is 14.0. The smallest absolute Gasteiger partial charge is 0.326 e. The van der Waals surface area contributed by atoms with Crippen LogP contribution in [0.1, 0.15) is 58.8 Å². The van der Waals surface area contributed by atoms with Crippen LogP contribution in [0.2, 0.25) is 0 Å². The van der Waals surface area contributed by atoms with Gasteiger partial charge in [0.1, 0.15) is 18.1 Å². The minimum absolute atomic E-state index is 0.0220. The number of nitrogens with zero attached hydrogens (tertiary/aromatic N) is 1. The van der Waals surface area contributed by atoms with Crippen LogP contribution in [0.15, 0.2) is 4.99 Å². The van der Waals surface area contributed by atoms with Crippen molar-refractivity contribution in [2.75, 3.05) is 25.1 Å². The van der Waals surface area contributed by atoms with Crippen LogP contribution in [0, 0.1) is 5.92 Å². The van der Waals surface area contributed by atoms with Gasteiger partial charge in [0.05, 0.1) is 6.04 Å². The molecule has 0 saturated carbocycles. The normalized spacial score (nSPS) is 14.2. The second-order valence-corrected chi connectivity index (χ2v) is 10.3. The highest BCUT2D eigenvalue weighted by atomic mass is 32.2. The van der Waals surface area contributed by atoms with Crippen molar-refractivity contribution in [1.82, 2.24) is 16.0 Å². The summed E-state index contributed by atoms with van der Waals surface area (Å²) in [5.41, 5.74) is 22.2. The van der Waals surface area contributed by atoms with Crippen LogP contribution in [-0.4, -0.2) is 84.0 Å². The molecule has 0 radical (unpaired) electrons. The first kappa shape index (κ1) is 34.4. The molecule has 0 unspecified atom stereocenters. The molecule has 0 heterocycles. The molecule has 13 nitrogen and oxygen atoms in total. The Morgan fingerprint density at radius 1 is 0.865 bits per heavy atom. The number of carboxylic acids is 1. The standard InChI is InChI=1S/C23H46N8O5S/c1-14(2)13-18(22(35)36)31-21(34)17(8-6-11-28-23(26)27)30-20(33)16(7-4-5-10-24)29-19(32)15(25)9-12-37-3/h14-18H,4-13,24-25H2,1-3H3,(H,29,32)(H,30,33)(H,31,34)(H,35,36)(H4,26,27,28)/t15-,16-,17-,18-/m0/s1. The summed E-state index contributed by atoms with van der Waals surface area (Å²) >= 11 is 1.56. The van der Waals surface area contributed by atoms with Crippen LogP contribution in [0.25, 0.3) is 0 Å². The Labute approximate surface area is 223 Å². The molecule has 0 rings (SSSR count). The van der Waals surface area contributed by atoms with Gasteiger partial charge in [-0.2, -0.15) is 11.8 Å². The fraction of sp³-hybridized carbons (Fsp3) is 0.783. The van der Waals surface area contributed by atoms with E-state index in [1.54, 1.807) is 11.8 Å². The quantitative estimate of drug-likeness (QED) is 0.0517. The average Bonchev–Trinajstić information content (AvgIpc) is 2.82. The number of rotatable bonds is 20. The van der Waals surface area contributed by atoms with E-state index in [2.05, 4.69) is 20.9 Å². The van der Waals surface area contributed by atoms with Crippen molar-refractivity contribution in [3.8, 4) is 0 Å². The van der Waals surface area contributed by atoms with Crippen LogP contribution in [-0.2, 0) is 19.2 Å². The fourth-order valence-electron chi connectivity index (χ4n) is 3.43. The summed E-state index contributed by atoms with van der Waals surface area (Å²) in [5, 5.41) is 17.4. The first-order valence-electron chi connectivity index (χ1n) is 12.6. The van der Waals surface area contributed by atoms with Crippen molar-refractivity contribution in [2.45, 2.75) is 83.0 Å². The average molecular weight is 547 g/mol. The molecule has 3 amide bonds. The molecule has 0 bridgehead atoms.